The number of nitrogens with two attached hydrogens (primary N) is 1. The lowest BCUT2D eigenvalue weighted by Crippen LogP contribution is -2.37. The van der Waals surface area contributed by atoms with Gasteiger partial charge in [-0.1, -0.05) is 37.5 Å². The van der Waals surface area contributed by atoms with E-state index in [1.54, 1.807) is 0 Å². The van der Waals surface area contributed by atoms with Crippen molar-refractivity contribution in [1.82, 2.24) is 0 Å². The zero-order valence-corrected chi connectivity index (χ0v) is 11.0. The molecule has 96 valence electrons. The lowest BCUT2D eigenvalue weighted by atomic mass is 9.71. The van der Waals surface area contributed by atoms with Gasteiger partial charge in [0.15, 0.2) is 0 Å². The molecule has 0 bridgehead atoms. The summed E-state index contributed by atoms with van der Waals surface area (Å²) in [6.45, 7) is 2.88. The summed E-state index contributed by atoms with van der Waals surface area (Å²) < 4.78 is 6.15. The summed E-state index contributed by atoms with van der Waals surface area (Å²) in [7, 11) is 0. The van der Waals surface area contributed by atoms with Crippen LogP contribution in [0.3, 0.4) is 0 Å². The van der Waals surface area contributed by atoms with Crippen LogP contribution in [0.1, 0.15) is 43.4 Å². The molecule has 0 atom stereocenters. The maximum Gasteiger partial charge on any atom is 0.134 e. The van der Waals surface area contributed by atoms with Gasteiger partial charge in [-0.15, -0.1) is 0 Å². The molecule has 1 aromatic heterocycles. The average Bonchev–Trinajstić information content (AvgIpc) is 2.78. The standard InChI is InChI=1S/C16H21NO/c1-12-13-7-3-4-8-14(13)18-15(12)16(11-17)9-5-2-6-10-16/h3-4,7-8H,2,5-6,9-11,17H2,1H3. The molecule has 3 rings (SSSR count). The van der Waals surface area contributed by atoms with E-state index in [9.17, 15) is 0 Å². The number of aryl methyl sites for hydroxylation is 1. The molecule has 0 unspecified atom stereocenters. The summed E-state index contributed by atoms with van der Waals surface area (Å²) in [6.07, 6.45) is 6.22. The molecule has 2 N–H and O–H groups in total. The van der Waals surface area contributed by atoms with Gasteiger partial charge in [-0.3, -0.25) is 0 Å². The Bertz CT molecular complexity index is 549. The number of furan rings is 1. The topological polar surface area (TPSA) is 39.2 Å². The Balaban J connectivity index is 2.14. The van der Waals surface area contributed by atoms with Crippen molar-refractivity contribution < 1.29 is 4.42 Å². The monoisotopic (exact) mass is 243 g/mol. The highest BCUT2D eigenvalue weighted by atomic mass is 16.3. The van der Waals surface area contributed by atoms with Crippen LogP contribution in [0.2, 0.25) is 0 Å². The minimum atomic E-state index is 0.0847. The molecule has 1 aliphatic rings. The largest absolute Gasteiger partial charge is 0.460 e. The van der Waals surface area contributed by atoms with Crippen LogP contribution in [0.25, 0.3) is 11.0 Å². The number of para-hydroxylation sites is 1. The van der Waals surface area contributed by atoms with Gasteiger partial charge in [0.25, 0.3) is 0 Å². The van der Waals surface area contributed by atoms with Crippen LogP contribution in [0.4, 0.5) is 0 Å². The maximum absolute atomic E-state index is 6.15. The smallest absolute Gasteiger partial charge is 0.134 e. The molecule has 1 heterocycles. The normalized spacial score (nSPS) is 19.2. The number of hydrogen-bond donors (Lipinski definition) is 1. The van der Waals surface area contributed by atoms with Crippen LogP contribution in [-0.4, -0.2) is 6.54 Å². The average molecular weight is 243 g/mol. The van der Waals surface area contributed by atoms with E-state index < -0.39 is 0 Å². The number of hydrogen-bond acceptors (Lipinski definition) is 2. The van der Waals surface area contributed by atoms with E-state index in [1.807, 2.05) is 6.07 Å². The highest BCUT2D eigenvalue weighted by Gasteiger charge is 2.37. The van der Waals surface area contributed by atoms with Crippen molar-refractivity contribution in [3.8, 4) is 0 Å². The molecular formula is C16H21NO. The van der Waals surface area contributed by atoms with Gasteiger partial charge in [0.1, 0.15) is 11.3 Å². The molecule has 0 aliphatic heterocycles. The predicted molar refractivity (Wildman–Crippen MR) is 74.8 cm³/mol. The van der Waals surface area contributed by atoms with Gasteiger partial charge in [0, 0.05) is 17.3 Å². The Morgan fingerprint density at radius 1 is 1.17 bits per heavy atom. The molecule has 2 nitrogen and oxygen atoms in total. The van der Waals surface area contributed by atoms with Crippen molar-refractivity contribution >= 4 is 11.0 Å². The number of rotatable bonds is 2. The second kappa shape index (κ2) is 4.43. The van der Waals surface area contributed by atoms with E-state index in [1.165, 1.54) is 43.1 Å². The summed E-state index contributed by atoms with van der Waals surface area (Å²) in [5.74, 6) is 1.14. The Kier molecular flexibility index (Phi) is 2.90. The fourth-order valence-electron chi connectivity index (χ4n) is 3.43. The van der Waals surface area contributed by atoms with E-state index >= 15 is 0 Å². The van der Waals surface area contributed by atoms with Crippen molar-refractivity contribution in [3.05, 3.63) is 35.6 Å². The fraction of sp³-hybridized carbons (Fsp3) is 0.500. The first-order valence-corrected chi connectivity index (χ1v) is 6.95. The van der Waals surface area contributed by atoms with E-state index in [-0.39, 0.29) is 5.41 Å². The Labute approximate surface area is 108 Å². The van der Waals surface area contributed by atoms with Crippen LogP contribution < -0.4 is 5.73 Å². The molecule has 0 amide bonds. The molecule has 1 saturated carbocycles. The second-order valence-electron chi connectivity index (χ2n) is 5.60. The van der Waals surface area contributed by atoms with Gasteiger partial charge >= 0.3 is 0 Å². The Morgan fingerprint density at radius 3 is 2.56 bits per heavy atom. The molecule has 2 aromatic rings. The van der Waals surface area contributed by atoms with Crippen molar-refractivity contribution in [2.75, 3.05) is 6.54 Å². The Morgan fingerprint density at radius 2 is 1.89 bits per heavy atom. The summed E-state index contributed by atoms with van der Waals surface area (Å²) >= 11 is 0. The van der Waals surface area contributed by atoms with Crippen LogP contribution in [-0.2, 0) is 5.41 Å². The third kappa shape index (κ3) is 1.67. The van der Waals surface area contributed by atoms with Gasteiger partial charge < -0.3 is 10.2 Å². The SMILES string of the molecule is Cc1c(C2(CN)CCCCC2)oc2ccccc12. The van der Waals surface area contributed by atoms with E-state index in [0.717, 1.165) is 11.3 Å². The first-order valence-electron chi connectivity index (χ1n) is 6.95. The highest BCUT2D eigenvalue weighted by Crippen LogP contribution is 2.42. The minimum absolute atomic E-state index is 0.0847. The molecule has 2 heteroatoms. The lowest BCUT2D eigenvalue weighted by molar-refractivity contribution is 0.255. The van der Waals surface area contributed by atoms with Crippen LogP contribution in [0, 0.1) is 6.92 Å². The molecule has 1 fully saturated rings. The van der Waals surface area contributed by atoms with Crippen molar-refractivity contribution in [3.63, 3.8) is 0 Å². The van der Waals surface area contributed by atoms with E-state index in [2.05, 4.69) is 25.1 Å². The van der Waals surface area contributed by atoms with Gasteiger partial charge in [-0.2, -0.15) is 0 Å². The van der Waals surface area contributed by atoms with Gasteiger partial charge in [0.05, 0.1) is 0 Å². The number of fused-ring (bicyclic) bond motifs is 1. The molecule has 1 aliphatic carbocycles. The Hall–Kier alpha value is -1.28. The van der Waals surface area contributed by atoms with Crippen molar-refractivity contribution in [2.45, 2.75) is 44.4 Å². The zero-order chi connectivity index (χ0) is 12.6. The van der Waals surface area contributed by atoms with Gasteiger partial charge in [0.2, 0.25) is 0 Å². The van der Waals surface area contributed by atoms with Crippen molar-refractivity contribution in [2.24, 2.45) is 5.73 Å². The maximum atomic E-state index is 6.15. The summed E-state index contributed by atoms with van der Waals surface area (Å²) in [5.41, 5.74) is 8.48. The first-order chi connectivity index (χ1) is 8.77. The minimum Gasteiger partial charge on any atom is -0.460 e. The second-order valence-corrected chi connectivity index (χ2v) is 5.60. The highest BCUT2D eigenvalue weighted by molar-refractivity contribution is 5.82. The molecular weight excluding hydrogens is 222 g/mol. The molecule has 18 heavy (non-hydrogen) atoms. The zero-order valence-electron chi connectivity index (χ0n) is 11.0. The van der Waals surface area contributed by atoms with Crippen molar-refractivity contribution in [1.29, 1.82) is 0 Å². The van der Waals surface area contributed by atoms with Crippen LogP contribution in [0.5, 0.6) is 0 Å². The third-order valence-electron chi connectivity index (χ3n) is 4.53. The van der Waals surface area contributed by atoms with Gasteiger partial charge in [-0.25, -0.2) is 0 Å². The molecule has 1 aromatic carbocycles. The lowest BCUT2D eigenvalue weighted by Gasteiger charge is -2.34. The van der Waals surface area contributed by atoms with Crippen LogP contribution >= 0.6 is 0 Å². The predicted octanol–water partition coefficient (Wildman–Crippen LogP) is 3.90. The summed E-state index contributed by atoms with van der Waals surface area (Å²) in [4.78, 5) is 0. The molecule has 0 saturated heterocycles. The summed E-state index contributed by atoms with van der Waals surface area (Å²) in [5, 5.41) is 1.24. The quantitative estimate of drug-likeness (QED) is 0.868. The fourth-order valence-corrected chi connectivity index (χ4v) is 3.43. The molecule has 0 radical (unpaired) electrons. The van der Waals surface area contributed by atoms with E-state index in [4.69, 9.17) is 10.2 Å². The molecule has 0 spiro atoms. The number of benzene rings is 1. The summed E-state index contributed by atoms with van der Waals surface area (Å²) in [6, 6.07) is 8.30. The van der Waals surface area contributed by atoms with Gasteiger partial charge in [-0.05, 0) is 31.4 Å². The van der Waals surface area contributed by atoms with Crippen LogP contribution in [0.15, 0.2) is 28.7 Å². The van der Waals surface area contributed by atoms with E-state index in [0.29, 0.717) is 6.54 Å². The third-order valence-corrected chi connectivity index (χ3v) is 4.53. The first kappa shape index (κ1) is 11.8.